The second-order valence-corrected chi connectivity index (χ2v) is 9.08. The minimum Gasteiger partial charge on any atom is -0.497 e. The minimum atomic E-state index is -0.154. The van der Waals surface area contributed by atoms with Gasteiger partial charge in [0.2, 0.25) is 11.0 Å². The number of rotatable bonds is 6. The van der Waals surface area contributed by atoms with Crippen molar-refractivity contribution >= 4 is 33.3 Å². The molecule has 0 bridgehead atoms. The van der Waals surface area contributed by atoms with E-state index in [4.69, 9.17) is 19.2 Å². The van der Waals surface area contributed by atoms with Crippen LogP contribution in [0.2, 0.25) is 0 Å². The Bertz CT molecular complexity index is 1340. The fourth-order valence-electron chi connectivity index (χ4n) is 4.02. The fraction of sp³-hybridized carbons (Fsp3) is 0.292. The number of aromatic nitrogens is 3. The molecule has 2 aromatic carbocycles. The van der Waals surface area contributed by atoms with E-state index in [0.717, 1.165) is 27.1 Å². The molecule has 33 heavy (non-hydrogen) atoms. The molecule has 9 heteroatoms. The van der Waals surface area contributed by atoms with Crippen molar-refractivity contribution in [2.45, 2.75) is 32.3 Å². The number of thiazole rings is 1. The first-order valence-electron chi connectivity index (χ1n) is 10.6. The van der Waals surface area contributed by atoms with Crippen LogP contribution in [0.1, 0.15) is 37.3 Å². The van der Waals surface area contributed by atoms with Crippen LogP contribution < -0.4 is 19.5 Å². The zero-order chi connectivity index (χ0) is 23.1. The number of hydrogen-bond donors (Lipinski definition) is 1. The standard InChI is InChI=1S/C24H24N4O4S/c1-13(2)32-19-8-5-14(9-20(19)31-4)16-11-22(29)27-23-17(16)12-25-28(23)24-26-18-7-6-15(30-3)10-21(18)33-24/h5-10,12-13,16H,11H2,1-4H3,(H,27,29). The van der Waals surface area contributed by atoms with Crippen molar-refractivity contribution < 1.29 is 19.0 Å². The van der Waals surface area contributed by atoms with Gasteiger partial charge >= 0.3 is 0 Å². The van der Waals surface area contributed by atoms with Crippen LogP contribution >= 0.6 is 11.3 Å². The smallest absolute Gasteiger partial charge is 0.226 e. The van der Waals surface area contributed by atoms with Gasteiger partial charge < -0.3 is 19.5 Å². The number of amides is 1. The topological polar surface area (TPSA) is 87.5 Å². The molecule has 8 nitrogen and oxygen atoms in total. The van der Waals surface area contributed by atoms with Gasteiger partial charge in [0, 0.05) is 17.9 Å². The molecule has 0 saturated heterocycles. The summed E-state index contributed by atoms with van der Waals surface area (Å²) in [5.74, 6) is 2.51. The number of methoxy groups -OCH3 is 2. The molecule has 5 rings (SSSR count). The van der Waals surface area contributed by atoms with Crippen molar-refractivity contribution in [2.75, 3.05) is 19.5 Å². The highest BCUT2D eigenvalue weighted by molar-refractivity contribution is 7.20. The van der Waals surface area contributed by atoms with Gasteiger partial charge in [-0.05, 0) is 49.7 Å². The molecule has 1 aliphatic rings. The lowest BCUT2D eigenvalue weighted by Crippen LogP contribution is -2.24. The number of carbonyl (C=O) groups excluding carboxylic acids is 1. The molecular weight excluding hydrogens is 440 g/mol. The normalized spacial score (nSPS) is 15.4. The summed E-state index contributed by atoms with van der Waals surface area (Å²) < 4.78 is 19.4. The molecule has 0 fully saturated rings. The Kier molecular flexibility index (Phi) is 5.41. The second-order valence-electron chi connectivity index (χ2n) is 8.07. The lowest BCUT2D eigenvalue weighted by atomic mass is 9.87. The lowest BCUT2D eigenvalue weighted by molar-refractivity contribution is -0.116. The number of benzene rings is 2. The van der Waals surface area contributed by atoms with Crippen LogP contribution in [0, 0.1) is 0 Å². The Labute approximate surface area is 195 Å². The zero-order valence-corrected chi connectivity index (χ0v) is 19.6. The van der Waals surface area contributed by atoms with E-state index in [1.54, 1.807) is 25.1 Å². The highest BCUT2D eigenvalue weighted by Gasteiger charge is 2.31. The Balaban J connectivity index is 1.55. The van der Waals surface area contributed by atoms with Crippen LogP contribution in [-0.4, -0.2) is 41.0 Å². The summed E-state index contributed by atoms with van der Waals surface area (Å²) in [7, 11) is 3.25. The molecule has 0 aliphatic carbocycles. The summed E-state index contributed by atoms with van der Waals surface area (Å²) in [6.07, 6.45) is 2.16. The second kappa shape index (κ2) is 8.40. The molecule has 1 atom stereocenters. The molecule has 2 aromatic heterocycles. The summed E-state index contributed by atoms with van der Waals surface area (Å²) in [5, 5.41) is 8.24. The quantitative estimate of drug-likeness (QED) is 0.443. The zero-order valence-electron chi connectivity index (χ0n) is 18.8. The molecule has 170 valence electrons. The van der Waals surface area contributed by atoms with Gasteiger partial charge in [0.15, 0.2) is 11.5 Å². The molecule has 1 N–H and O–H groups in total. The van der Waals surface area contributed by atoms with Gasteiger partial charge in [0.25, 0.3) is 0 Å². The van der Waals surface area contributed by atoms with E-state index in [1.807, 2.05) is 50.2 Å². The van der Waals surface area contributed by atoms with Crippen LogP contribution in [0.5, 0.6) is 17.2 Å². The van der Waals surface area contributed by atoms with E-state index >= 15 is 0 Å². The van der Waals surface area contributed by atoms with E-state index in [9.17, 15) is 4.79 Å². The van der Waals surface area contributed by atoms with Crippen LogP contribution in [-0.2, 0) is 4.79 Å². The van der Waals surface area contributed by atoms with Crippen LogP contribution in [0.15, 0.2) is 42.6 Å². The number of nitrogens with zero attached hydrogens (tertiary/aromatic N) is 3. The summed E-state index contributed by atoms with van der Waals surface area (Å²) >= 11 is 1.49. The summed E-state index contributed by atoms with van der Waals surface area (Å²) in [4.78, 5) is 17.4. The van der Waals surface area contributed by atoms with Crippen molar-refractivity contribution in [3.8, 4) is 22.4 Å². The van der Waals surface area contributed by atoms with Crippen LogP contribution in [0.3, 0.4) is 0 Å². The van der Waals surface area contributed by atoms with Gasteiger partial charge in [-0.1, -0.05) is 17.4 Å². The van der Waals surface area contributed by atoms with E-state index < -0.39 is 0 Å². The van der Waals surface area contributed by atoms with Crippen molar-refractivity contribution in [3.05, 3.63) is 53.7 Å². The predicted octanol–water partition coefficient (Wildman–Crippen LogP) is 4.76. The third kappa shape index (κ3) is 3.89. The van der Waals surface area contributed by atoms with Gasteiger partial charge in [0.1, 0.15) is 11.6 Å². The van der Waals surface area contributed by atoms with Gasteiger partial charge in [-0.2, -0.15) is 9.78 Å². The van der Waals surface area contributed by atoms with Crippen LogP contribution in [0.4, 0.5) is 5.82 Å². The van der Waals surface area contributed by atoms with E-state index in [1.165, 1.54) is 11.3 Å². The van der Waals surface area contributed by atoms with Gasteiger partial charge in [-0.25, -0.2) is 4.98 Å². The molecule has 0 saturated carbocycles. The molecule has 1 unspecified atom stereocenters. The monoisotopic (exact) mass is 464 g/mol. The lowest BCUT2D eigenvalue weighted by Gasteiger charge is -2.24. The van der Waals surface area contributed by atoms with E-state index in [-0.39, 0.29) is 17.9 Å². The van der Waals surface area contributed by atoms with E-state index in [2.05, 4.69) is 10.4 Å². The maximum Gasteiger partial charge on any atom is 0.226 e. The van der Waals surface area contributed by atoms with Crippen molar-refractivity contribution in [1.82, 2.24) is 14.8 Å². The third-order valence-electron chi connectivity index (χ3n) is 5.54. The molecular formula is C24H24N4O4S. The minimum absolute atomic E-state index is 0.0313. The van der Waals surface area contributed by atoms with Gasteiger partial charge in [0.05, 0.1) is 36.7 Å². The number of anilines is 1. The summed E-state index contributed by atoms with van der Waals surface area (Å²) in [5.41, 5.74) is 2.75. The Morgan fingerprint density at radius 2 is 1.97 bits per heavy atom. The fourth-order valence-corrected chi connectivity index (χ4v) is 4.98. The largest absolute Gasteiger partial charge is 0.497 e. The number of nitrogens with one attached hydrogen (secondary N) is 1. The predicted molar refractivity (Wildman–Crippen MR) is 127 cm³/mol. The number of fused-ring (bicyclic) bond motifs is 2. The first-order chi connectivity index (χ1) is 16.0. The van der Waals surface area contributed by atoms with Gasteiger partial charge in [-0.15, -0.1) is 0 Å². The Morgan fingerprint density at radius 3 is 2.73 bits per heavy atom. The summed E-state index contributed by atoms with van der Waals surface area (Å²) in [6, 6.07) is 11.5. The Hall–Kier alpha value is -3.59. The Morgan fingerprint density at radius 1 is 1.12 bits per heavy atom. The van der Waals surface area contributed by atoms with Crippen molar-refractivity contribution in [2.24, 2.45) is 0 Å². The van der Waals surface area contributed by atoms with E-state index in [0.29, 0.717) is 28.9 Å². The average Bonchev–Trinajstić information content (AvgIpc) is 3.41. The first-order valence-corrected chi connectivity index (χ1v) is 11.5. The van der Waals surface area contributed by atoms with Crippen LogP contribution in [0.25, 0.3) is 15.3 Å². The highest BCUT2D eigenvalue weighted by Crippen LogP contribution is 2.41. The molecule has 3 heterocycles. The molecule has 4 aromatic rings. The third-order valence-corrected chi connectivity index (χ3v) is 6.53. The number of hydrogen-bond acceptors (Lipinski definition) is 7. The summed E-state index contributed by atoms with van der Waals surface area (Å²) in [6.45, 7) is 3.94. The average molecular weight is 465 g/mol. The maximum atomic E-state index is 12.7. The highest BCUT2D eigenvalue weighted by atomic mass is 32.1. The number of ether oxygens (including phenoxy) is 3. The molecule has 1 aliphatic heterocycles. The van der Waals surface area contributed by atoms with Gasteiger partial charge in [-0.3, -0.25) is 4.79 Å². The van der Waals surface area contributed by atoms with Crippen molar-refractivity contribution in [1.29, 1.82) is 0 Å². The van der Waals surface area contributed by atoms with Crippen molar-refractivity contribution in [3.63, 3.8) is 0 Å². The SMILES string of the molecule is COc1ccc2nc(-n3ncc4c3NC(=O)CC4c3ccc(OC(C)C)c(OC)c3)sc2c1. The maximum absolute atomic E-state index is 12.7. The number of carbonyl (C=O) groups is 1. The molecule has 0 spiro atoms. The molecule has 0 radical (unpaired) electrons. The molecule has 1 amide bonds. The first kappa shape index (κ1) is 21.3.